The van der Waals surface area contributed by atoms with Crippen LogP contribution in [0.3, 0.4) is 0 Å². The molecule has 5 nitrogen and oxygen atoms in total. The van der Waals surface area contributed by atoms with E-state index in [0.29, 0.717) is 26.0 Å². The molecule has 1 aliphatic rings. The lowest BCUT2D eigenvalue weighted by Gasteiger charge is -2.32. The lowest BCUT2D eigenvalue weighted by atomic mass is 9.93. The first kappa shape index (κ1) is 19.9. The second-order valence-corrected chi connectivity index (χ2v) is 7.24. The molecule has 0 spiro atoms. The number of carboxylic acid groups (broad SMARTS) is 1. The van der Waals surface area contributed by atoms with Crippen LogP contribution in [-0.4, -0.2) is 41.6 Å². The summed E-state index contributed by atoms with van der Waals surface area (Å²) in [5, 5.41) is 8.85. The first-order chi connectivity index (χ1) is 13.6. The third-order valence-corrected chi connectivity index (χ3v) is 5.18. The molecule has 0 saturated carbocycles. The van der Waals surface area contributed by atoms with Crippen LogP contribution in [0.4, 0.5) is 0 Å². The number of ether oxygens (including phenoxy) is 1. The van der Waals surface area contributed by atoms with E-state index in [1.165, 1.54) is 0 Å². The van der Waals surface area contributed by atoms with Crippen LogP contribution in [0.5, 0.6) is 5.75 Å². The van der Waals surface area contributed by atoms with Gasteiger partial charge in [0.1, 0.15) is 5.75 Å². The van der Waals surface area contributed by atoms with Crippen LogP contribution in [0.15, 0.2) is 54.6 Å². The molecular weight excluding hydrogens is 354 g/mol. The molecule has 1 N–H and O–H groups in total. The van der Waals surface area contributed by atoms with E-state index in [-0.39, 0.29) is 18.2 Å². The van der Waals surface area contributed by atoms with Crippen molar-refractivity contribution in [3.8, 4) is 16.9 Å². The number of carbonyl (C=O) groups excluding carboxylic acids is 1. The Morgan fingerprint density at radius 1 is 1.04 bits per heavy atom. The van der Waals surface area contributed by atoms with Crippen molar-refractivity contribution in [1.82, 2.24) is 4.90 Å². The van der Waals surface area contributed by atoms with Crippen molar-refractivity contribution < 1.29 is 19.4 Å². The van der Waals surface area contributed by atoms with E-state index in [2.05, 4.69) is 0 Å². The van der Waals surface area contributed by atoms with Crippen molar-refractivity contribution in [3.63, 3.8) is 0 Å². The van der Waals surface area contributed by atoms with E-state index < -0.39 is 5.97 Å². The summed E-state index contributed by atoms with van der Waals surface area (Å²) in [6, 6.07) is 17.9. The van der Waals surface area contributed by atoms with Gasteiger partial charge in [-0.1, -0.05) is 48.5 Å². The van der Waals surface area contributed by atoms with Crippen LogP contribution >= 0.6 is 0 Å². The molecule has 28 heavy (non-hydrogen) atoms. The van der Waals surface area contributed by atoms with Crippen LogP contribution in [0.2, 0.25) is 0 Å². The van der Waals surface area contributed by atoms with Gasteiger partial charge in [-0.05, 0) is 36.8 Å². The normalized spacial score (nSPS) is 16.6. The van der Waals surface area contributed by atoms with Crippen molar-refractivity contribution in [2.75, 3.05) is 19.7 Å². The zero-order valence-electron chi connectivity index (χ0n) is 16.0. The highest BCUT2D eigenvalue weighted by molar-refractivity contribution is 5.76. The van der Waals surface area contributed by atoms with Gasteiger partial charge in [-0.3, -0.25) is 9.59 Å². The molecule has 3 rings (SSSR count). The number of para-hydroxylation sites is 1. The monoisotopic (exact) mass is 381 g/mol. The first-order valence-corrected chi connectivity index (χ1v) is 9.90. The minimum atomic E-state index is -0.770. The molecule has 2 aromatic carbocycles. The van der Waals surface area contributed by atoms with Gasteiger partial charge >= 0.3 is 5.97 Å². The smallest absolute Gasteiger partial charge is 0.303 e. The Bertz CT molecular complexity index is 790. The quantitative estimate of drug-likeness (QED) is 0.743. The number of carbonyl (C=O) groups is 2. The number of nitrogens with zero attached hydrogens (tertiary/aromatic N) is 1. The molecule has 1 heterocycles. The second kappa shape index (κ2) is 9.93. The summed E-state index contributed by atoms with van der Waals surface area (Å²) in [6.45, 7) is 1.74. The van der Waals surface area contributed by atoms with Crippen molar-refractivity contribution in [2.24, 2.45) is 5.92 Å². The maximum Gasteiger partial charge on any atom is 0.303 e. The zero-order valence-corrected chi connectivity index (χ0v) is 16.0. The van der Waals surface area contributed by atoms with E-state index in [1.54, 1.807) is 0 Å². The average Bonchev–Trinajstić information content (AvgIpc) is 2.73. The summed E-state index contributed by atoms with van der Waals surface area (Å²) in [6.07, 6.45) is 3.08. The maximum absolute atomic E-state index is 12.6. The summed E-state index contributed by atoms with van der Waals surface area (Å²) >= 11 is 0. The number of likely N-dealkylation sites (tertiary alicyclic amines) is 1. The number of carboxylic acids is 1. The van der Waals surface area contributed by atoms with Crippen LogP contribution in [0.1, 0.15) is 32.1 Å². The van der Waals surface area contributed by atoms with Crippen LogP contribution in [-0.2, 0) is 9.59 Å². The Hall–Kier alpha value is -2.82. The van der Waals surface area contributed by atoms with Crippen LogP contribution in [0, 0.1) is 5.92 Å². The summed E-state index contributed by atoms with van der Waals surface area (Å²) in [5.41, 5.74) is 2.10. The number of hydrogen-bond donors (Lipinski definition) is 1. The van der Waals surface area contributed by atoms with E-state index in [1.807, 2.05) is 59.5 Å². The van der Waals surface area contributed by atoms with E-state index in [4.69, 9.17) is 9.84 Å². The molecule has 1 unspecified atom stereocenters. The van der Waals surface area contributed by atoms with Gasteiger partial charge in [0.25, 0.3) is 0 Å². The molecule has 1 atom stereocenters. The minimum absolute atomic E-state index is 0.0808. The maximum atomic E-state index is 12.6. The molecule has 1 amide bonds. The number of piperidine rings is 1. The lowest BCUT2D eigenvalue weighted by molar-refractivity contribution is -0.137. The minimum Gasteiger partial charge on any atom is -0.492 e. The van der Waals surface area contributed by atoms with Gasteiger partial charge in [0.05, 0.1) is 13.0 Å². The fourth-order valence-electron chi connectivity index (χ4n) is 3.71. The fourth-order valence-corrected chi connectivity index (χ4v) is 3.71. The second-order valence-electron chi connectivity index (χ2n) is 7.24. The third-order valence-electron chi connectivity index (χ3n) is 5.18. The van der Waals surface area contributed by atoms with E-state index >= 15 is 0 Å². The Morgan fingerprint density at radius 2 is 1.79 bits per heavy atom. The fraction of sp³-hybridized carbons (Fsp3) is 0.391. The first-order valence-electron chi connectivity index (χ1n) is 9.90. The molecule has 1 aliphatic heterocycles. The lowest BCUT2D eigenvalue weighted by Crippen LogP contribution is -2.40. The number of hydrogen-bond acceptors (Lipinski definition) is 3. The summed E-state index contributed by atoms with van der Waals surface area (Å²) in [4.78, 5) is 25.2. The predicted molar refractivity (Wildman–Crippen MR) is 108 cm³/mol. The average molecular weight is 381 g/mol. The van der Waals surface area contributed by atoms with Crippen molar-refractivity contribution in [1.29, 1.82) is 0 Å². The Morgan fingerprint density at radius 3 is 2.57 bits per heavy atom. The van der Waals surface area contributed by atoms with Gasteiger partial charge in [0.15, 0.2) is 0 Å². The summed E-state index contributed by atoms with van der Waals surface area (Å²) < 4.78 is 5.93. The molecule has 1 saturated heterocycles. The SMILES string of the molecule is O=C(O)CCC1CCCN(C(=O)CCOc2ccccc2-c2ccccc2)C1. The zero-order chi connectivity index (χ0) is 19.8. The van der Waals surface area contributed by atoms with Crippen molar-refractivity contribution in [3.05, 3.63) is 54.6 Å². The Labute approximate surface area is 165 Å². The molecular formula is C23H27NO4. The molecule has 1 fully saturated rings. The van der Waals surface area contributed by atoms with Gasteiger partial charge in [-0.25, -0.2) is 0 Å². The number of aliphatic carboxylic acids is 1. The molecule has 0 radical (unpaired) electrons. The van der Waals surface area contributed by atoms with Crippen molar-refractivity contribution >= 4 is 11.9 Å². The van der Waals surface area contributed by atoms with Crippen molar-refractivity contribution in [2.45, 2.75) is 32.1 Å². The third kappa shape index (κ3) is 5.59. The molecule has 0 bridgehead atoms. The highest BCUT2D eigenvalue weighted by atomic mass is 16.5. The largest absolute Gasteiger partial charge is 0.492 e. The molecule has 0 aromatic heterocycles. The van der Waals surface area contributed by atoms with Gasteiger partial charge in [0, 0.05) is 25.1 Å². The molecule has 5 heteroatoms. The Balaban J connectivity index is 1.51. The molecule has 0 aliphatic carbocycles. The summed E-state index contributed by atoms with van der Waals surface area (Å²) in [7, 11) is 0. The van der Waals surface area contributed by atoms with Crippen LogP contribution < -0.4 is 4.74 Å². The Kier molecular flexibility index (Phi) is 7.06. The van der Waals surface area contributed by atoms with Crippen LogP contribution in [0.25, 0.3) is 11.1 Å². The molecule has 148 valence electrons. The topological polar surface area (TPSA) is 66.8 Å². The van der Waals surface area contributed by atoms with E-state index in [9.17, 15) is 9.59 Å². The number of amides is 1. The molecule has 2 aromatic rings. The predicted octanol–water partition coefficient (Wildman–Crippen LogP) is 4.23. The van der Waals surface area contributed by atoms with Gasteiger partial charge < -0.3 is 14.7 Å². The summed E-state index contributed by atoms with van der Waals surface area (Å²) in [5.74, 6) is 0.374. The number of rotatable bonds is 8. The highest BCUT2D eigenvalue weighted by Crippen LogP contribution is 2.29. The van der Waals surface area contributed by atoms with E-state index in [0.717, 1.165) is 36.3 Å². The van der Waals surface area contributed by atoms with Gasteiger partial charge in [0.2, 0.25) is 5.91 Å². The highest BCUT2D eigenvalue weighted by Gasteiger charge is 2.24. The van der Waals surface area contributed by atoms with Gasteiger partial charge in [-0.2, -0.15) is 0 Å². The van der Waals surface area contributed by atoms with Gasteiger partial charge in [-0.15, -0.1) is 0 Å². The number of benzene rings is 2. The standard InChI is InChI=1S/C23H27NO4/c25-22(24-15-6-7-18(17-24)12-13-23(26)27)14-16-28-21-11-5-4-10-20(21)19-8-2-1-3-9-19/h1-5,8-11,18H,6-7,12-17H2,(H,26,27).